The maximum absolute atomic E-state index is 6.37. The van der Waals surface area contributed by atoms with Crippen molar-refractivity contribution >= 4 is 46.0 Å². The zero-order chi connectivity index (χ0) is 48.4. The molecule has 0 bridgehead atoms. The summed E-state index contributed by atoms with van der Waals surface area (Å²) >= 11 is 0. The minimum absolute atomic E-state index is 0. The van der Waals surface area contributed by atoms with Crippen molar-refractivity contribution in [1.82, 2.24) is 15.0 Å². The summed E-state index contributed by atoms with van der Waals surface area (Å²) < 4.78 is 6.37. The Bertz CT molecular complexity index is 3320. The predicted octanol–water partition coefficient (Wildman–Crippen LogP) is 17.8. The average molecular weight is 1140 g/mol. The summed E-state index contributed by atoms with van der Waals surface area (Å²) in [6, 6.07) is 61.4. The average Bonchev–Trinajstić information content (AvgIpc) is 3.82. The molecule has 0 atom stereocenters. The predicted molar refractivity (Wildman–Crippen MR) is 303 cm³/mol. The fourth-order valence-electron chi connectivity index (χ4n) is 11.0. The van der Waals surface area contributed by atoms with Crippen LogP contribution >= 0.6 is 0 Å². The summed E-state index contributed by atoms with van der Waals surface area (Å²) in [6.07, 6.45) is 22.7. The molecule has 0 unspecified atom stereocenters. The topological polar surface area (TPSA) is 51.8 Å². The van der Waals surface area contributed by atoms with Crippen LogP contribution in [0.2, 0.25) is 19.6 Å². The van der Waals surface area contributed by atoms with Crippen LogP contribution in [0, 0.1) is 11.8 Å². The Balaban J connectivity index is 0.000000136. The molecule has 4 nitrogen and oxygen atoms in total. The van der Waals surface area contributed by atoms with Gasteiger partial charge in [-0.3, -0.25) is 15.0 Å². The number of pyridine rings is 3. The van der Waals surface area contributed by atoms with Crippen molar-refractivity contribution in [3.8, 4) is 44.9 Å². The van der Waals surface area contributed by atoms with E-state index in [-0.39, 0.29) is 20.1 Å². The Morgan fingerprint density at radius 1 is 0.472 bits per heavy atom. The zero-order valence-electron chi connectivity index (χ0n) is 42.2. The molecule has 0 saturated heterocycles. The molecule has 4 heterocycles. The van der Waals surface area contributed by atoms with Crippen molar-refractivity contribution in [3.05, 3.63) is 206 Å². The van der Waals surface area contributed by atoms with E-state index in [1.165, 1.54) is 110 Å². The SMILES string of the molecule is C[Si](C)(C)c1cnc(-c2ccccc2)cc1CC1CCCCC1.[Ir].c1ccc(-c2cc(CC3CCCCC3)ccn2)cc1.c1ccc(-c2ccc(-c3cc4ccccc4cn3)c3oc4ccccc4c23)cc1. The van der Waals surface area contributed by atoms with Gasteiger partial charge in [0.05, 0.1) is 25.2 Å². The second kappa shape index (κ2) is 23.9. The molecular formula is C66H67IrN3OSi. The molecule has 2 aliphatic carbocycles. The number of hydrogen-bond acceptors (Lipinski definition) is 4. The Hall–Kier alpha value is -6.30. The number of fused-ring (bicyclic) bond motifs is 4. The summed E-state index contributed by atoms with van der Waals surface area (Å²) in [7, 11) is -1.35. The van der Waals surface area contributed by atoms with Gasteiger partial charge in [0, 0.05) is 71.5 Å². The number of rotatable bonds is 9. The number of benzene rings is 6. The summed E-state index contributed by atoms with van der Waals surface area (Å²) in [5.74, 6) is 1.77. The molecule has 0 aliphatic heterocycles. The van der Waals surface area contributed by atoms with Gasteiger partial charge >= 0.3 is 0 Å². The molecule has 6 aromatic carbocycles. The van der Waals surface area contributed by atoms with Gasteiger partial charge in [0.25, 0.3) is 0 Å². The quantitative estimate of drug-likeness (QED) is 0.135. The van der Waals surface area contributed by atoms with Gasteiger partial charge in [-0.25, -0.2) is 0 Å². The molecule has 0 amide bonds. The Morgan fingerprint density at radius 2 is 1.01 bits per heavy atom. The summed E-state index contributed by atoms with van der Waals surface area (Å²) in [5, 5.41) is 6.14. The molecule has 72 heavy (non-hydrogen) atoms. The molecular weight excluding hydrogens is 1070 g/mol. The molecule has 0 spiro atoms. The molecule has 1 radical (unpaired) electrons. The Kier molecular flexibility index (Phi) is 16.8. The first-order chi connectivity index (χ1) is 34.8. The maximum Gasteiger partial charge on any atom is 0.145 e. The van der Waals surface area contributed by atoms with Crippen LogP contribution in [0.15, 0.2) is 199 Å². The maximum atomic E-state index is 6.37. The zero-order valence-corrected chi connectivity index (χ0v) is 45.6. The van der Waals surface area contributed by atoms with E-state index < -0.39 is 8.07 Å². The summed E-state index contributed by atoms with van der Waals surface area (Å²) in [4.78, 5) is 14.0. The molecule has 6 heteroatoms. The molecule has 365 valence electrons. The van der Waals surface area contributed by atoms with Crippen LogP contribution in [0.5, 0.6) is 0 Å². The van der Waals surface area contributed by atoms with Gasteiger partial charge in [-0.15, -0.1) is 0 Å². The van der Waals surface area contributed by atoms with Gasteiger partial charge in [0.15, 0.2) is 0 Å². The van der Waals surface area contributed by atoms with E-state index in [0.29, 0.717) is 0 Å². The van der Waals surface area contributed by atoms with Crippen LogP contribution in [0.4, 0.5) is 0 Å². The monoisotopic (exact) mass is 1140 g/mol. The van der Waals surface area contributed by atoms with Crippen LogP contribution in [-0.2, 0) is 32.9 Å². The van der Waals surface area contributed by atoms with Crippen molar-refractivity contribution in [3.63, 3.8) is 0 Å². The molecule has 2 fully saturated rings. The van der Waals surface area contributed by atoms with E-state index in [1.807, 2.05) is 36.7 Å². The third kappa shape index (κ3) is 12.3. The molecule has 0 N–H and O–H groups in total. The summed E-state index contributed by atoms with van der Waals surface area (Å²) in [5.41, 5.74) is 13.8. The van der Waals surface area contributed by atoms with Gasteiger partial charge in [-0.1, -0.05) is 223 Å². The first-order valence-corrected chi connectivity index (χ1v) is 29.7. The van der Waals surface area contributed by atoms with Crippen LogP contribution in [0.3, 0.4) is 0 Å². The second-order valence-corrected chi connectivity index (χ2v) is 26.0. The van der Waals surface area contributed by atoms with Crippen LogP contribution < -0.4 is 5.19 Å². The third-order valence-corrected chi connectivity index (χ3v) is 16.8. The summed E-state index contributed by atoms with van der Waals surface area (Å²) in [6.45, 7) is 7.32. The fraction of sp³-hybridized carbons (Fsp3) is 0.258. The normalized spacial score (nSPS) is 14.2. The minimum Gasteiger partial charge on any atom is -0.455 e. The fourth-order valence-corrected chi connectivity index (χ4v) is 12.6. The van der Waals surface area contributed by atoms with Gasteiger partial charge in [-0.05, 0) is 93.9 Å². The number of para-hydroxylation sites is 1. The molecule has 12 rings (SSSR count). The van der Waals surface area contributed by atoms with Crippen molar-refractivity contribution < 1.29 is 24.5 Å². The second-order valence-electron chi connectivity index (χ2n) is 20.9. The van der Waals surface area contributed by atoms with E-state index in [0.717, 1.165) is 61.8 Å². The van der Waals surface area contributed by atoms with Gasteiger partial charge in [-0.2, -0.15) is 0 Å². The Morgan fingerprint density at radius 3 is 1.67 bits per heavy atom. The van der Waals surface area contributed by atoms with Crippen molar-refractivity contribution in [1.29, 1.82) is 0 Å². The van der Waals surface area contributed by atoms with Crippen molar-refractivity contribution in [2.75, 3.05) is 0 Å². The van der Waals surface area contributed by atoms with Gasteiger partial charge < -0.3 is 4.42 Å². The molecule has 2 aliphatic rings. The van der Waals surface area contributed by atoms with Crippen LogP contribution in [0.25, 0.3) is 77.6 Å². The molecule has 2 saturated carbocycles. The van der Waals surface area contributed by atoms with Crippen molar-refractivity contribution in [2.45, 2.75) is 96.7 Å². The molecule has 10 aromatic rings. The third-order valence-electron chi connectivity index (χ3n) is 14.8. The van der Waals surface area contributed by atoms with E-state index in [1.54, 1.807) is 10.8 Å². The van der Waals surface area contributed by atoms with Crippen molar-refractivity contribution in [2.24, 2.45) is 11.8 Å². The Labute approximate surface area is 441 Å². The van der Waals surface area contributed by atoms with E-state index in [4.69, 9.17) is 14.4 Å². The first-order valence-electron chi connectivity index (χ1n) is 26.2. The first kappa shape index (κ1) is 50.6. The van der Waals surface area contributed by atoms with Gasteiger partial charge in [0.1, 0.15) is 11.2 Å². The van der Waals surface area contributed by atoms with E-state index in [9.17, 15) is 0 Å². The van der Waals surface area contributed by atoms with Crippen LogP contribution in [-0.4, -0.2) is 23.0 Å². The van der Waals surface area contributed by atoms with E-state index >= 15 is 0 Å². The standard InChI is InChI=1S/C27H17NO.C21H29NSi.C18H21N.Ir/c1-2-8-18(9-3-1)21-14-15-22(24-16-19-10-4-5-11-20(19)17-28-24)27-26(21)23-12-6-7-13-25(23)29-27;1-23(2,3)21-16-22-20(18-12-8-5-9-13-18)15-19(21)14-17-10-6-4-7-11-17;1-3-7-15(8-4-1)13-16-11-12-19-18(14-16)17-9-5-2-6-10-17;/h1-17H;5,8-9,12-13,15-17H,4,6-7,10-11,14H2,1-3H3;2,5-6,9-12,14-15H,1,3-4,7-8,13H2;. The minimum atomic E-state index is -1.35. The van der Waals surface area contributed by atoms with E-state index in [2.05, 4.69) is 182 Å². The smallest absolute Gasteiger partial charge is 0.145 e. The van der Waals surface area contributed by atoms with Crippen LogP contribution in [0.1, 0.15) is 75.3 Å². The number of nitrogens with zero attached hydrogens (tertiary/aromatic N) is 3. The number of aromatic nitrogens is 3. The van der Waals surface area contributed by atoms with Gasteiger partial charge in [0.2, 0.25) is 0 Å². The largest absolute Gasteiger partial charge is 0.455 e. The number of hydrogen-bond donors (Lipinski definition) is 0. The molecule has 4 aromatic heterocycles. The number of furan rings is 1.